The van der Waals surface area contributed by atoms with E-state index in [0.717, 1.165) is 28.5 Å². The largest absolute Gasteiger partial charge is 0.382 e. The summed E-state index contributed by atoms with van der Waals surface area (Å²) in [6, 6.07) is 12.8. The van der Waals surface area contributed by atoms with Crippen LogP contribution in [-0.2, 0) is 0 Å². The average molecular weight is 455 g/mol. The molecule has 3 N–H and O–H groups in total. The highest BCUT2D eigenvalue weighted by Gasteiger charge is 2.31. The number of nitrogen functional groups attached to an aromatic ring is 1. The molecule has 5 rings (SSSR count). The smallest absolute Gasteiger partial charge is 0.256 e. The van der Waals surface area contributed by atoms with Crippen molar-refractivity contribution in [2.24, 2.45) is 11.8 Å². The summed E-state index contributed by atoms with van der Waals surface area (Å²) >= 11 is 0. The molecular weight excluding hydrogens is 424 g/mol. The van der Waals surface area contributed by atoms with Gasteiger partial charge in [-0.1, -0.05) is 44.9 Å². The van der Waals surface area contributed by atoms with Gasteiger partial charge in [-0.25, -0.2) is 15.0 Å². The second-order valence-electron chi connectivity index (χ2n) is 9.23. The number of fused-ring (bicyclic) bond motifs is 1. The maximum atomic E-state index is 12.6. The first-order valence-electron chi connectivity index (χ1n) is 12.0. The second-order valence-corrected chi connectivity index (χ2v) is 9.23. The van der Waals surface area contributed by atoms with Gasteiger partial charge < -0.3 is 11.1 Å². The molecule has 1 aliphatic rings. The number of hydrogen-bond donors (Lipinski definition) is 2. The highest BCUT2D eigenvalue weighted by atomic mass is 16.1. The monoisotopic (exact) mass is 454 g/mol. The van der Waals surface area contributed by atoms with Crippen molar-refractivity contribution in [3.63, 3.8) is 0 Å². The predicted molar refractivity (Wildman–Crippen MR) is 135 cm³/mol. The van der Waals surface area contributed by atoms with Crippen molar-refractivity contribution in [3.8, 4) is 11.3 Å². The third kappa shape index (κ3) is 4.14. The minimum absolute atomic E-state index is 0.206. The highest BCUT2D eigenvalue weighted by Crippen LogP contribution is 2.42. The first kappa shape index (κ1) is 22.1. The summed E-state index contributed by atoms with van der Waals surface area (Å²) < 4.78 is 2.10. The van der Waals surface area contributed by atoms with Crippen molar-refractivity contribution in [1.29, 1.82) is 0 Å². The molecule has 1 aliphatic carbocycles. The Kier molecular flexibility index (Phi) is 6.01. The molecule has 4 aromatic rings. The molecule has 1 amide bonds. The van der Waals surface area contributed by atoms with Gasteiger partial charge in [-0.05, 0) is 48.9 Å². The van der Waals surface area contributed by atoms with Gasteiger partial charge in [0, 0.05) is 35.6 Å². The summed E-state index contributed by atoms with van der Waals surface area (Å²) in [5, 5.41) is 2.81. The van der Waals surface area contributed by atoms with Crippen LogP contribution in [0.2, 0.25) is 0 Å². The Balaban J connectivity index is 1.46. The molecule has 1 fully saturated rings. The summed E-state index contributed by atoms with van der Waals surface area (Å²) in [6.45, 7) is 4.57. The summed E-state index contributed by atoms with van der Waals surface area (Å²) in [6.07, 6.45) is 10.4. The lowest BCUT2D eigenvalue weighted by Gasteiger charge is -2.18. The van der Waals surface area contributed by atoms with Crippen LogP contribution in [0.5, 0.6) is 0 Å². The molecule has 1 saturated carbocycles. The zero-order valence-electron chi connectivity index (χ0n) is 19.6. The molecule has 0 aliphatic heterocycles. The fourth-order valence-electron chi connectivity index (χ4n) is 5.16. The topological polar surface area (TPSA) is 98.2 Å². The summed E-state index contributed by atoms with van der Waals surface area (Å²) in [7, 11) is 0. The fraction of sp³-hybridized carbons (Fsp3) is 0.333. The van der Waals surface area contributed by atoms with Gasteiger partial charge in [0.15, 0.2) is 0 Å². The first-order chi connectivity index (χ1) is 16.5. The number of nitrogens with zero attached hydrogens (tertiary/aromatic N) is 4. The Bertz CT molecular complexity index is 1300. The van der Waals surface area contributed by atoms with E-state index in [1.807, 2.05) is 30.5 Å². The van der Waals surface area contributed by atoms with Gasteiger partial charge in [-0.2, -0.15) is 0 Å². The maximum absolute atomic E-state index is 12.6. The van der Waals surface area contributed by atoms with E-state index in [1.165, 1.54) is 25.7 Å². The van der Waals surface area contributed by atoms with Crippen LogP contribution in [0.15, 0.2) is 61.1 Å². The molecule has 0 radical (unpaired) electrons. The molecule has 0 spiro atoms. The van der Waals surface area contributed by atoms with Gasteiger partial charge >= 0.3 is 0 Å². The van der Waals surface area contributed by atoms with E-state index in [9.17, 15) is 4.79 Å². The lowest BCUT2D eigenvalue weighted by Crippen LogP contribution is -2.12. The Morgan fingerprint density at radius 1 is 1.15 bits per heavy atom. The Morgan fingerprint density at radius 3 is 2.68 bits per heavy atom. The van der Waals surface area contributed by atoms with Gasteiger partial charge in [0.2, 0.25) is 0 Å². The zero-order valence-corrected chi connectivity index (χ0v) is 19.6. The van der Waals surface area contributed by atoms with E-state index < -0.39 is 0 Å². The maximum Gasteiger partial charge on any atom is 0.256 e. The minimum atomic E-state index is -0.206. The van der Waals surface area contributed by atoms with Gasteiger partial charge in [0.05, 0.1) is 0 Å². The minimum Gasteiger partial charge on any atom is -0.382 e. The standard InChI is InChI=1S/C27H30N6O/c1-3-18-7-8-21(16-18)17(2)26-32-23(24-25(28)30-14-15-33(24)26)19-9-11-20(12-10-19)27(34)31-22-6-4-5-13-29-22/h4-6,9-15,17-18,21H,3,7-8,16H2,1-2H3,(H2,28,30)(H,29,31,34). The van der Waals surface area contributed by atoms with E-state index in [0.29, 0.717) is 29.0 Å². The van der Waals surface area contributed by atoms with Crippen molar-refractivity contribution in [2.75, 3.05) is 11.1 Å². The molecule has 1 aromatic carbocycles. The number of anilines is 2. The third-order valence-electron chi connectivity index (χ3n) is 7.21. The predicted octanol–water partition coefficient (Wildman–Crippen LogP) is 5.56. The number of nitrogens with one attached hydrogen (secondary N) is 1. The van der Waals surface area contributed by atoms with Crippen LogP contribution in [0.25, 0.3) is 16.8 Å². The quantitative estimate of drug-likeness (QED) is 0.398. The van der Waals surface area contributed by atoms with E-state index in [1.54, 1.807) is 30.6 Å². The summed E-state index contributed by atoms with van der Waals surface area (Å²) in [4.78, 5) is 26.2. The van der Waals surface area contributed by atoms with Gasteiger partial charge in [-0.3, -0.25) is 9.20 Å². The number of carbonyl (C=O) groups excluding carboxylic acids is 1. The van der Waals surface area contributed by atoms with Crippen molar-refractivity contribution >= 4 is 23.1 Å². The van der Waals surface area contributed by atoms with Crippen LogP contribution in [0.4, 0.5) is 11.6 Å². The van der Waals surface area contributed by atoms with Crippen LogP contribution < -0.4 is 11.1 Å². The molecule has 0 saturated heterocycles. The fourth-order valence-corrected chi connectivity index (χ4v) is 5.16. The number of pyridine rings is 1. The number of benzene rings is 1. The van der Waals surface area contributed by atoms with Crippen LogP contribution in [0, 0.1) is 11.8 Å². The molecule has 0 bridgehead atoms. The Labute approximate surface area is 199 Å². The number of carbonyl (C=O) groups is 1. The summed E-state index contributed by atoms with van der Waals surface area (Å²) in [5.41, 5.74) is 9.40. The SMILES string of the molecule is CCC1CCC(C(C)c2nc(-c3ccc(C(=O)Nc4ccccn4)cc3)c3c(N)nccn23)C1. The third-order valence-corrected chi connectivity index (χ3v) is 7.21. The first-order valence-corrected chi connectivity index (χ1v) is 12.0. The number of imidazole rings is 1. The van der Waals surface area contributed by atoms with Crippen molar-refractivity contribution in [3.05, 3.63) is 72.4 Å². The van der Waals surface area contributed by atoms with E-state index in [-0.39, 0.29) is 5.91 Å². The lowest BCUT2D eigenvalue weighted by molar-refractivity contribution is 0.102. The Morgan fingerprint density at radius 2 is 1.97 bits per heavy atom. The zero-order chi connectivity index (χ0) is 23.7. The molecule has 3 aromatic heterocycles. The second kappa shape index (κ2) is 9.25. The van der Waals surface area contributed by atoms with Gasteiger partial charge in [0.1, 0.15) is 28.7 Å². The molecule has 7 heteroatoms. The van der Waals surface area contributed by atoms with E-state index >= 15 is 0 Å². The lowest BCUT2D eigenvalue weighted by atomic mass is 9.90. The average Bonchev–Trinajstić information content (AvgIpc) is 3.50. The van der Waals surface area contributed by atoms with Crippen LogP contribution in [0.3, 0.4) is 0 Å². The van der Waals surface area contributed by atoms with Crippen molar-refractivity contribution < 1.29 is 4.79 Å². The van der Waals surface area contributed by atoms with Crippen molar-refractivity contribution in [2.45, 2.75) is 45.4 Å². The van der Waals surface area contributed by atoms with E-state index in [4.69, 9.17) is 10.7 Å². The summed E-state index contributed by atoms with van der Waals surface area (Å²) in [5.74, 6) is 3.55. The number of rotatable bonds is 6. The molecule has 3 atom stereocenters. The van der Waals surface area contributed by atoms with Crippen LogP contribution in [-0.4, -0.2) is 25.3 Å². The highest BCUT2D eigenvalue weighted by molar-refractivity contribution is 6.04. The number of aromatic nitrogens is 4. The number of amides is 1. The molecule has 3 heterocycles. The molecule has 174 valence electrons. The normalized spacial score (nSPS) is 18.8. The van der Waals surface area contributed by atoms with Crippen LogP contribution >= 0.6 is 0 Å². The number of nitrogens with two attached hydrogens (primary N) is 1. The molecule has 34 heavy (non-hydrogen) atoms. The molecular formula is C27H30N6O. The Hall–Kier alpha value is -3.74. The molecule has 3 unspecified atom stereocenters. The van der Waals surface area contributed by atoms with Gasteiger partial charge in [0.25, 0.3) is 5.91 Å². The van der Waals surface area contributed by atoms with Crippen molar-refractivity contribution in [1.82, 2.24) is 19.4 Å². The van der Waals surface area contributed by atoms with E-state index in [2.05, 4.69) is 33.5 Å². The molecule has 7 nitrogen and oxygen atoms in total. The van der Waals surface area contributed by atoms with Crippen LogP contribution in [0.1, 0.15) is 61.6 Å². The number of hydrogen-bond acceptors (Lipinski definition) is 5. The van der Waals surface area contributed by atoms with Gasteiger partial charge in [-0.15, -0.1) is 0 Å².